The average Bonchev–Trinajstić information content (AvgIpc) is 2.56. The number of ketones is 4. The van der Waals surface area contributed by atoms with Crippen molar-refractivity contribution in [3.63, 3.8) is 0 Å². The van der Waals surface area contributed by atoms with Crippen molar-refractivity contribution in [3.05, 3.63) is 284 Å². The van der Waals surface area contributed by atoms with Gasteiger partial charge in [0.25, 0.3) is 0 Å². The highest BCUT2D eigenvalue weighted by Crippen LogP contribution is 2.51. The standard InChI is InChI=1S/C68H36Cl4N8O4/c69-57-55-56(58(70)60(72)59(57)71)64(84)46(63(55)83)29-32-54-79(43-19-9-3-10-20-43)67-68(80(54)44-21-11-4-12-22-44)76-52-36-39(27-30-51(52)75-67)37-25-26-38-34-47-48(35-40(38)33-37)62(82)45(61(47)81)28-31-53-77(41-15-5-1-6-16-41)65-66(78(53)42-17-7-2-8-18-42)74-50-24-14-13-23-49(50)73-65/h1-36H/b45-28-,54-32-. The number of nitrogens with zero attached hydrogens (tertiary/aromatic N) is 8. The number of para-hydroxylation sites is 6. The molecular formula is C68H36Cl4N8O4. The van der Waals surface area contributed by atoms with E-state index in [-0.39, 0.29) is 53.9 Å². The van der Waals surface area contributed by atoms with Crippen LogP contribution in [0.3, 0.4) is 0 Å². The third-order valence-electron chi connectivity index (χ3n) is 15.3. The Balaban J connectivity index is 0.800. The molecule has 4 heterocycles. The minimum absolute atomic E-state index is 0.0402. The number of hydrogen-bond acceptors (Lipinski definition) is 12. The number of halogens is 4. The number of fused-ring (bicyclic) bond motifs is 7. The number of aromatic nitrogens is 4. The molecule has 0 radical (unpaired) electrons. The molecule has 0 bridgehead atoms. The topological polar surface area (TPSA) is 133 Å². The van der Waals surface area contributed by atoms with Gasteiger partial charge >= 0.3 is 0 Å². The van der Waals surface area contributed by atoms with Gasteiger partial charge in [0.15, 0.2) is 46.4 Å². The number of anilines is 8. The minimum Gasteiger partial charge on any atom is -0.288 e. The highest BCUT2D eigenvalue weighted by atomic mass is 35.5. The highest BCUT2D eigenvalue weighted by Gasteiger charge is 2.42. The summed E-state index contributed by atoms with van der Waals surface area (Å²) in [4.78, 5) is 85.6. The van der Waals surface area contributed by atoms with Gasteiger partial charge in [0.2, 0.25) is 0 Å². The van der Waals surface area contributed by atoms with Crippen LogP contribution in [0.2, 0.25) is 20.1 Å². The van der Waals surface area contributed by atoms with Crippen LogP contribution < -0.4 is 19.6 Å². The largest absolute Gasteiger partial charge is 0.288 e. The third kappa shape index (κ3) is 7.98. The molecule has 15 rings (SSSR count). The monoisotopic (exact) mass is 1170 g/mol. The van der Waals surface area contributed by atoms with Crippen molar-refractivity contribution in [2.24, 2.45) is 0 Å². The predicted molar refractivity (Wildman–Crippen MR) is 332 cm³/mol. The van der Waals surface area contributed by atoms with Gasteiger partial charge < -0.3 is 0 Å². The Morgan fingerprint density at radius 1 is 0.310 bits per heavy atom. The Bertz CT molecular complexity index is 4750. The number of Topliss-reactive ketones (excluding diaryl/α,β-unsaturated/α-hetero) is 4. The van der Waals surface area contributed by atoms with Gasteiger partial charge in [-0.2, -0.15) is 0 Å². The van der Waals surface area contributed by atoms with Gasteiger partial charge in [-0.25, -0.2) is 19.9 Å². The maximum absolute atomic E-state index is 14.6. The zero-order chi connectivity index (χ0) is 57.1. The van der Waals surface area contributed by atoms with Crippen LogP contribution in [0.25, 0.3) is 44.0 Å². The zero-order valence-corrected chi connectivity index (χ0v) is 46.5. The number of carbonyl (C=O) groups excluding carboxylic acids is 4. The second-order valence-electron chi connectivity index (χ2n) is 20.1. The van der Waals surface area contributed by atoms with Crippen molar-refractivity contribution in [2.45, 2.75) is 0 Å². The molecule has 11 aromatic rings. The summed E-state index contributed by atoms with van der Waals surface area (Å²) in [7, 11) is 0. The summed E-state index contributed by atoms with van der Waals surface area (Å²) in [5, 5.41) is 1.01. The van der Waals surface area contributed by atoms with Crippen LogP contribution in [-0.4, -0.2) is 43.1 Å². The first-order chi connectivity index (χ1) is 41.0. The third-order valence-corrected chi connectivity index (χ3v) is 17.1. The summed E-state index contributed by atoms with van der Waals surface area (Å²) in [6.45, 7) is 0. The van der Waals surface area contributed by atoms with E-state index >= 15 is 0 Å². The molecule has 4 aliphatic rings. The normalized spacial score (nSPS) is 15.4. The minimum atomic E-state index is -0.642. The van der Waals surface area contributed by atoms with Crippen molar-refractivity contribution in [1.29, 1.82) is 0 Å². The molecule has 400 valence electrons. The van der Waals surface area contributed by atoms with E-state index in [1.54, 1.807) is 30.4 Å². The first kappa shape index (κ1) is 50.8. The van der Waals surface area contributed by atoms with E-state index in [0.717, 1.165) is 55.7 Å². The number of allylic oxidation sites excluding steroid dienone is 6. The summed E-state index contributed by atoms with van der Waals surface area (Å²) in [6, 6.07) is 61.8. The Labute approximate surface area is 498 Å². The van der Waals surface area contributed by atoms with Crippen molar-refractivity contribution < 1.29 is 19.2 Å². The molecule has 0 fully saturated rings. The molecule has 2 aromatic heterocycles. The van der Waals surface area contributed by atoms with Crippen molar-refractivity contribution in [2.75, 3.05) is 19.6 Å². The number of rotatable bonds is 7. The number of carbonyl (C=O) groups is 4. The van der Waals surface area contributed by atoms with Gasteiger partial charge in [0.1, 0.15) is 11.6 Å². The Hall–Kier alpha value is -10.1. The van der Waals surface area contributed by atoms with E-state index in [1.165, 1.54) is 6.08 Å². The summed E-state index contributed by atoms with van der Waals surface area (Å²) >= 11 is 25.8. The van der Waals surface area contributed by atoms with Crippen LogP contribution >= 0.6 is 46.4 Å². The fourth-order valence-electron chi connectivity index (χ4n) is 11.4. The van der Waals surface area contributed by atoms with Crippen LogP contribution in [0.1, 0.15) is 41.4 Å². The molecule has 0 unspecified atom stereocenters. The van der Waals surface area contributed by atoms with Crippen LogP contribution in [0, 0.1) is 0 Å². The van der Waals surface area contributed by atoms with Crippen LogP contribution in [-0.2, 0) is 0 Å². The lowest BCUT2D eigenvalue weighted by Gasteiger charge is -2.24. The van der Waals surface area contributed by atoms with E-state index in [2.05, 4.69) is 0 Å². The van der Waals surface area contributed by atoms with E-state index in [9.17, 15) is 19.2 Å². The first-order valence-corrected chi connectivity index (χ1v) is 28.0. The molecule has 0 atom stereocenters. The summed E-state index contributed by atoms with van der Waals surface area (Å²) in [6.07, 6.45) is 6.54. The zero-order valence-electron chi connectivity index (χ0n) is 43.5. The second-order valence-corrected chi connectivity index (χ2v) is 21.6. The molecule has 16 heteroatoms. The van der Waals surface area contributed by atoms with Gasteiger partial charge in [-0.15, -0.1) is 0 Å². The number of benzene rings is 9. The van der Waals surface area contributed by atoms with Crippen LogP contribution in [0.5, 0.6) is 0 Å². The molecule has 9 aromatic carbocycles. The summed E-state index contributed by atoms with van der Waals surface area (Å²) in [5.74, 6) is 1.29. The predicted octanol–water partition coefficient (Wildman–Crippen LogP) is 17.3. The van der Waals surface area contributed by atoms with E-state index < -0.39 is 11.6 Å². The summed E-state index contributed by atoms with van der Waals surface area (Å²) in [5.41, 5.74) is 7.69. The van der Waals surface area contributed by atoms with E-state index in [4.69, 9.17) is 66.3 Å². The summed E-state index contributed by atoms with van der Waals surface area (Å²) < 4.78 is 0. The van der Waals surface area contributed by atoms with Crippen LogP contribution in [0.4, 0.5) is 46.0 Å². The van der Waals surface area contributed by atoms with Gasteiger partial charge in [0, 0.05) is 33.9 Å². The van der Waals surface area contributed by atoms with Gasteiger partial charge in [-0.3, -0.25) is 38.8 Å². The molecule has 2 aliphatic carbocycles. The number of hydrogen-bond donors (Lipinski definition) is 0. The maximum Gasteiger partial charge on any atom is 0.199 e. The van der Waals surface area contributed by atoms with Crippen molar-refractivity contribution in [1.82, 2.24) is 19.9 Å². The fraction of sp³-hybridized carbons (Fsp3) is 0. The molecule has 12 nitrogen and oxygen atoms in total. The van der Waals surface area contributed by atoms with Gasteiger partial charge in [-0.05, 0) is 137 Å². The molecular weight excluding hydrogens is 1130 g/mol. The fourth-order valence-corrected chi connectivity index (χ4v) is 12.4. The van der Waals surface area contributed by atoms with Gasteiger partial charge in [0.05, 0.1) is 64.4 Å². The quantitative estimate of drug-likeness (QED) is 0.0651. The van der Waals surface area contributed by atoms with E-state index in [0.29, 0.717) is 57.1 Å². The highest BCUT2D eigenvalue weighted by molar-refractivity contribution is 6.57. The first-order valence-electron chi connectivity index (χ1n) is 26.5. The molecule has 0 amide bonds. The Kier molecular flexibility index (Phi) is 12.0. The lowest BCUT2D eigenvalue weighted by Crippen LogP contribution is -2.22. The Morgan fingerprint density at radius 3 is 1.08 bits per heavy atom. The smallest absolute Gasteiger partial charge is 0.199 e. The molecule has 2 aliphatic heterocycles. The van der Waals surface area contributed by atoms with Crippen molar-refractivity contribution >= 4 is 148 Å². The molecule has 0 saturated heterocycles. The van der Waals surface area contributed by atoms with Gasteiger partial charge in [-0.1, -0.05) is 150 Å². The molecule has 0 N–H and O–H groups in total. The lowest BCUT2D eigenvalue weighted by atomic mass is 9.97. The molecule has 0 saturated carbocycles. The second kappa shape index (κ2) is 19.8. The Morgan fingerprint density at radius 2 is 0.655 bits per heavy atom. The van der Waals surface area contributed by atoms with Crippen LogP contribution in [0.15, 0.2) is 241 Å². The molecule has 0 spiro atoms. The SMILES string of the molecule is O=C1/C(=C/C=C2N(c3ccccc3)c3nc4ccccc4nc3N2c2ccccc2)C(=O)c2cc3cc(-c4ccc5nc6c(nc5c4)N(c4ccccc4)/C(=C\C=C4C(=O)c5c(Cl)c(Cl)c(Cl)c(Cl)c5C4=O)N6c4ccccc4)ccc3cc21. The maximum atomic E-state index is 14.6. The van der Waals surface area contributed by atoms with E-state index in [1.807, 2.05) is 202 Å². The molecule has 84 heavy (non-hydrogen) atoms. The average molecular weight is 1170 g/mol. The van der Waals surface area contributed by atoms with Crippen molar-refractivity contribution in [3.8, 4) is 11.1 Å². The lowest BCUT2D eigenvalue weighted by molar-refractivity contribution is 0.0973.